The molecule has 3 aromatic heterocycles. The fourth-order valence-electron chi connectivity index (χ4n) is 2.49. The summed E-state index contributed by atoms with van der Waals surface area (Å²) < 4.78 is 37.6. The topological polar surface area (TPSA) is 91.4 Å². The number of nitrogens with one attached hydrogen (secondary N) is 3. The first-order chi connectivity index (χ1) is 12.5. The molecule has 0 spiro atoms. The minimum absolute atomic E-state index is 0.0941. The van der Waals surface area contributed by atoms with E-state index in [0.29, 0.717) is 22.2 Å². The van der Waals surface area contributed by atoms with Gasteiger partial charge in [0.25, 0.3) is 0 Å². The monoisotopic (exact) mass is 359 g/mol. The van der Waals surface area contributed by atoms with Gasteiger partial charge in [-0.3, -0.25) is 9.97 Å². The van der Waals surface area contributed by atoms with Crippen molar-refractivity contribution in [2.75, 3.05) is 17.2 Å². The summed E-state index contributed by atoms with van der Waals surface area (Å²) in [6, 6.07) is 6.92. The second-order valence-corrected chi connectivity index (χ2v) is 5.49. The second kappa shape index (κ2) is 6.14. The number of alkyl halides is 3. The Balaban J connectivity index is 1.66. The van der Waals surface area contributed by atoms with E-state index in [1.165, 1.54) is 0 Å². The fourth-order valence-corrected chi connectivity index (χ4v) is 2.49. The third-order valence-electron chi connectivity index (χ3n) is 3.60. The number of halogens is 3. The molecule has 0 atom stereocenters. The first-order valence-corrected chi connectivity index (χ1v) is 7.61. The zero-order valence-electron chi connectivity index (χ0n) is 13.2. The summed E-state index contributed by atoms with van der Waals surface area (Å²) in [5.74, 6) is 0.254. The Morgan fingerprint density at radius 3 is 2.62 bits per heavy atom. The molecular formula is C16H12F3N7. The number of nitrogens with zero attached hydrogens (tertiary/aromatic N) is 4. The van der Waals surface area contributed by atoms with Gasteiger partial charge in [0.05, 0.1) is 16.4 Å². The summed E-state index contributed by atoms with van der Waals surface area (Å²) in [6.45, 7) is -1.19. The number of rotatable bonds is 4. The highest BCUT2D eigenvalue weighted by molar-refractivity contribution is 5.88. The van der Waals surface area contributed by atoms with E-state index in [2.05, 4.69) is 35.6 Å². The predicted octanol–water partition coefficient (Wildman–Crippen LogP) is 3.62. The van der Waals surface area contributed by atoms with Crippen LogP contribution in [0.2, 0.25) is 0 Å². The van der Waals surface area contributed by atoms with Crippen molar-refractivity contribution >= 4 is 39.5 Å². The molecule has 4 rings (SSSR count). The summed E-state index contributed by atoms with van der Waals surface area (Å²) in [5, 5.41) is 5.77. The highest BCUT2D eigenvalue weighted by Crippen LogP contribution is 2.25. The molecule has 0 saturated carbocycles. The minimum atomic E-state index is -4.35. The Labute approximate surface area is 144 Å². The lowest BCUT2D eigenvalue weighted by atomic mass is 10.2. The molecule has 0 saturated heterocycles. The molecule has 4 aromatic rings. The van der Waals surface area contributed by atoms with Crippen LogP contribution in [0.3, 0.4) is 0 Å². The Bertz CT molecular complexity index is 1070. The average Bonchev–Trinajstić information content (AvgIpc) is 3.07. The summed E-state index contributed by atoms with van der Waals surface area (Å²) in [7, 11) is 0. The average molecular weight is 359 g/mol. The van der Waals surface area contributed by atoms with E-state index in [4.69, 9.17) is 0 Å². The van der Waals surface area contributed by atoms with Gasteiger partial charge >= 0.3 is 6.18 Å². The normalized spacial score (nSPS) is 11.8. The van der Waals surface area contributed by atoms with Crippen molar-refractivity contribution in [2.24, 2.45) is 0 Å². The molecular weight excluding hydrogens is 347 g/mol. The molecule has 3 N–H and O–H groups in total. The Hall–Kier alpha value is -3.43. The molecule has 0 aliphatic carbocycles. The van der Waals surface area contributed by atoms with Crippen LogP contribution in [0.1, 0.15) is 0 Å². The molecule has 0 aliphatic heterocycles. The largest absolute Gasteiger partial charge is 0.405 e. The molecule has 0 aliphatic rings. The van der Waals surface area contributed by atoms with Crippen LogP contribution in [0.4, 0.5) is 30.6 Å². The maximum Gasteiger partial charge on any atom is 0.405 e. The number of anilines is 3. The lowest BCUT2D eigenvalue weighted by Crippen LogP contribution is -2.22. The van der Waals surface area contributed by atoms with E-state index in [1.54, 1.807) is 42.9 Å². The van der Waals surface area contributed by atoms with Gasteiger partial charge in [-0.25, -0.2) is 0 Å². The molecule has 7 nitrogen and oxygen atoms in total. The Morgan fingerprint density at radius 1 is 1.00 bits per heavy atom. The van der Waals surface area contributed by atoms with E-state index >= 15 is 0 Å². The predicted molar refractivity (Wildman–Crippen MR) is 91.3 cm³/mol. The van der Waals surface area contributed by atoms with E-state index in [9.17, 15) is 13.2 Å². The Morgan fingerprint density at radius 2 is 1.81 bits per heavy atom. The molecule has 26 heavy (non-hydrogen) atoms. The second-order valence-electron chi connectivity index (χ2n) is 5.49. The van der Waals surface area contributed by atoms with Gasteiger partial charge in [-0.1, -0.05) is 0 Å². The van der Waals surface area contributed by atoms with Gasteiger partial charge in [0.1, 0.15) is 18.0 Å². The SMILES string of the molecule is FC(F)(F)CNc1nc(Nc2ccc3nccnc3c2)nc2[nH]ccc12. The van der Waals surface area contributed by atoms with Crippen LogP contribution in [0.15, 0.2) is 42.9 Å². The molecule has 132 valence electrons. The number of hydrogen-bond donors (Lipinski definition) is 3. The Kier molecular flexibility index (Phi) is 3.79. The number of hydrogen-bond acceptors (Lipinski definition) is 6. The lowest BCUT2D eigenvalue weighted by molar-refractivity contribution is -0.115. The molecule has 1 aromatic carbocycles. The molecule has 10 heteroatoms. The van der Waals surface area contributed by atoms with Crippen LogP contribution >= 0.6 is 0 Å². The van der Waals surface area contributed by atoms with Crippen molar-refractivity contribution in [3.63, 3.8) is 0 Å². The van der Waals surface area contributed by atoms with Crippen molar-refractivity contribution in [3.8, 4) is 0 Å². The summed E-state index contributed by atoms with van der Waals surface area (Å²) in [5.41, 5.74) is 2.47. The van der Waals surface area contributed by atoms with Crippen LogP contribution in [0, 0.1) is 0 Å². The van der Waals surface area contributed by atoms with E-state index in [0.717, 1.165) is 5.52 Å². The zero-order chi connectivity index (χ0) is 18.1. The van der Waals surface area contributed by atoms with Crippen LogP contribution < -0.4 is 10.6 Å². The third kappa shape index (κ3) is 3.34. The van der Waals surface area contributed by atoms with Crippen molar-refractivity contribution in [1.29, 1.82) is 0 Å². The van der Waals surface area contributed by atoms with Crippen molar-refractivity contribution in [1.82, 2.24) is 24.9 Å². The number of aromatic amines is 1. The van der Waals surface area contributed by atoms with Gasteiger partial charge in [-0.15, -0.1) is 0 Å². The van der Waals surface area contributed by atoms with Gasteiger partial charge in [0.15, 0.2) is 0 Å². The van der Waals surface area contributed by atoms with Crippen LogP contribution in [0.25, 0.3) is 22.1 Å². The molecule has 0 radical (unpaired) electrons. The molecule has 0 fully saturated rings. The van der Waals surface area contributed by atoms with E-state index in [1.807, 2.05) is 0 Å². The smallest absolute Gasteiger partial charge is 0.360 e. The van der Waals surface area contributed by atoms with Gasteiger partial charge in [-0.2, -0.15) is 23.1 Å². The molecule has 0 amide bonds. The summed E-state index contributed by atoms with van der Waals surface area (Å²) in [4.78, 5) is 19.7. The molecule has 0 unspecified atom stereocenters. The third-order valence-corrected chi connectivity index (χ3v) is 3.60. The molecule has 3 heterocycles. The van der Waals surface area contributed by atoms with Crippen LogP contribution in [-0.4, -0.2) is 37.6 Å². The van der Waals surface area contributed by atoms with E-state index in [-0.39, 0.29) is 11.8 Å². The van der Waals surface area contributed by atoms with Gasteiger partial charge in [0, 0.05) is 24.3 Å². The number of benzene rings is 1. The molecule has 0 bridgehead atoms. The van der Waals surface area contributed by atoms with Gasteiger partial charge in [-0.05, 0) is 24.3 Å². The van der Waals surface area contributed by atoms with Gasteiger partial charge in [0.2, 0.25) is 5.95 Å². The first-order valence-electron chi connectivity index (χ1n) is 7.61. The highest BCUT2D eigenvalue weighted by atomic mass is 19.4. The number of aromatic nitrogens is 5. The van der Waals surface area contributed by atoms with Gasteiger partial charge < -0.3 is 15.6 Å². The van der Waals surface area contributed by atoms with Crippen molar-refractivity contribution in [3.05, 3.63) is 42.9 Å². The maximum atomic E-state index is 12.5. The lowest BCUT2D eigenvalue weighted by Gasteiger charge is -2.12. The summed E-state index contributed by atoms with van der Waals surface area (Å²) in [6.07, 6.45) is 0.411. The van der Waals surface area contributed by atoms with Crippen molar-refractivity contribution < 1.29 is 13.2 Å². The number of fused-ring (bicyclic) bond motifs is 2. The first kappa shape index (κ1) is 16.1. The quantitative estimate of drug-likeness (QED) is 0.516. The van der Waals surface area contributed by atoms with Crippen LogP contribution in [0.5, 0.6) is 0 Å². The highest BCUT2D eigenvalue weighted by Gasteiger charge is 2.27. The number of H-pyrrole nitrogens is 1. The minimum Gasteiger partial charge on any atom is -0.360 e. The van der Waals surface area contributed by atoms with Crippen molar-refractivity contribution in [2.45, 2.75) is 6.18 Å². The standard InChI is InChI=1S/C16H12F3N7/c17-16(18,19)8-23-14-10-3-4-22-13(10)25-15(26-14)24-9-1-2-11-12(7-9)21-6-5-20-11/h1-7H,8H2,(H3,22,23,24,25,26). The summed E-state index contributed by atoms with van der Waals surface area (Å²) >= 11 is 0. The maximum absolute atomic E-state index is 12.5. The zero-order valence-corrected chi connectivity index (χ0v) is 13.2. The van der Waals surface area contributed by atoms with Crippen LogP contribution in [-0.2, 0) is 0 Å². The fraction of sp³-hybridized carbons (Fsp3) is 0.125. The van der Waals surface area contributed by atoms with E-state index < -0.39 is 12.7 Å².